The number of anilines is 1. The molecule has 0 radical (unpaired) electrons. The van der Waals surface area contributed by atoms with Crippen molar-refractivity contribution in [3.05, 3.63) is 28.8 Å². The average molecular weight is 296 g/mol. The summed E-state index contributed by atoms with van der Waals surface area (Å²) in [7, 11) is 0. The molecule has 0 amide bonds. The number of rotatable bonds is 6. The van der Waals surface area contributed by atoms with Crippen LogP contribution in [-0.4, -0.2) is 19.8 Å². The van der Waals surface area contributed by atoms with E-state index in [0.29, 0.717) is 31.4 Å². The lowest BCUT2D eigenvalue weighted by Crippen LogP contribution is -2.13. The molecule has 0 heterocycles. The van der Waals surface area contributed by atoms with Crippen LogP contribution in [0.2, 0.25) is 5.02 Å². The highest BCUT2D eigenvalue weighted by molar-refractivity contribution is 6.31. The highest BCUT2D eigenvalue weighted by Crippen LogP contribution is 2.36. The number of benzene rings is 1. The molecule has 19 heavy (non-hydrogen) atoms. The molecule has 108 valence electrons. The quantitative estimate of drug-likeness (QED) is 0.783. The molecule has 0 aromatic heterocycles. The van der Waals surface area contributed by atoms with Gasteiger partial charge >= 0.3 is 6.18 Å². The fourth-order valence-corrected chi connectivity index (χ4v) is 1.66. The van der Waals surface area contributed by atoms with Crippen LogP contribution in [-0.2, 0) is 10.9 Å². The van der Waals surface area contributed by atoms with Crippen molar-refractivity contribution in [1.82, 2.24) is 0 Å². The van der Waals surface area contributed by atoms with E-state index in [9.17, 15) is 13.2 Å². The monoisotopic (exact) mass is 295 g/mol. The van der Waals surface area contributed by atoms with Gasteiger partial charge in [0.25, 0.3) is 0 Å². The Morgan fingerprint density at radius 2 is 2.00 bits per heavy atom. The topological polar surface area (TPSA) is 21.3 Å². The van der Waals surface area contributed by atoms with E-state index in [0.717, 1.165) is 6.07 Å². The maximum Gasteiger partial charge on any atom is 0.417 e. The molecule has 2 nitrogen and oxygen atoms in total. The van der Waals surface area contributed by atoms with Crippen molar-refractivity contribution < 1.29 is 17.9 Å². The predicted octanol–water partition coefficient (Wildman–Crippen LogP) is 4.44. The Bertz CT molecular complexity index is 407. The zero-order valence-corrected chi connectivity index (χ0v) is 11.6. The van der Waals surface area contributed by atoms with Crippen molar-refractivity contribution in [2.24, 2.45) is 5.92 Å². The summed E-state index contributed by atoms with van der Waals surface area (Å²) in [5, 5.41) is 2.58. The van der Waals surface area contributed by atoms with Crippen LogP contribution >= 0.6 is 11.6 Å². The number of hydrogen-bond donors (Lipinski definition) is 1. The van der Waals surface area contributed by atoms with Crippen molar-refractivity contribution in [1.29, 1.82) is 0 Å². The van der Waals surface area contributed by atoms with Gasteiger partial charge < -0.3 is 10.1 Å². The van der Waals surface area contributed by atoms with E-state index in [1.807, 2.05) is 13.8 Å². The Balaban J connectivity index is 2.51. The molecule has 1 aromatic carbocycles. The number of ether oxygens (including phenoxy) is 1. The minimum absolute atomic E-state index is 0.297. The van der Waals surface area contributed by atoms with E-state index < -0.39 is 11.7 Å². The summed E-state index contributed by atoms with van der Waals surface area (Å²) in [6, 6.07) is 3.76. The van der Waals surface area contributed by atoms with E-state index in [2.05, 4.69) is 5.32 Å². The molecule has 0 saturated heterocycles. The Hall–Kier alpha value is -0.940. The van der Waals surface area contributed by atoms with Gasteiger partial charge in [0.05, 0.1) is 17.2 Å². The maximum absolute atomic E-state index is 12.6. The minimum atomic E-state index is -4.44. The molecular formula is C13H17ClF3NO. The normalized spacial score (nSPS) is 11.9. The van der Waals surface area contributed by atoms with Crippen LogP contribution in [0, 0.1) is 5.92 Å². The van der Waals surface area contributed by atoms with Gasteiger partial charge in [0.15, 0.2) is 0 Å². The van der Waals surface area contributed by atoms with Gasteiger partial charge in [-0.3, -0.25) is 0 Å². The van der Waals surface area contributed by atoms with Crippen molar-refractivity contribution >= 4 is 17.3 Å². The van der Waals surface area contributed by atoms with Crippen molar-refractivity contribution in [2.75, 3.05) is 25.1 Å². The Labute approximate surface area is 115 Å². The average Bonchev–Trinajstić information content (AvgIpc) is 2.28. The Morgan fingerprint density at radius 1 is 1.32 bits per heavy atom. The molecule has 0 spiro atoms. The molecule has 1 N–H and O–H groups in total. The first-order valence-electron chi connectivity index (χ1n) is 5.99. The van der Waals surface area contributed by atoms with Gasteiger partial charge in [-0.15, -0.1) is 0 Å². The molecule has 0 aliphatic rings. The van der Waals surface area contributed by atoms with E-state index in [4.69, 9.17) is 16.3 Å². The zero-order chi connectivity index (χ0) is 14.5. The molecule has 0 bridgehead atoms. The van der Waals surface area contributed by atoms with E-state index >= 15 is 0 Å². The fourth-order valence-electron chi connectivity index (χ4n) is 1.44. The minimum Gasteiger partial charge on any atom is -0.383 e. The molecular weight excluding hydrogens is 279 g/mol. The smallest absolute Gasteiger partial charge is 0.383 e. The summed E-state index contributed by atoms with van der Waals surface area (Å²) in [6.07, 6.45) is -4.44. The number of halogens is 4. The molecule has 6 heteroatoms. The van der Waals surface area contributed by atoms with Crippen molar-refractivity contribution in [2.45, 2.75) is 20.0 Å². The molecule has 0 saturated carbocycles. The van der Waals surface area contributed by atoms with Gasteiger partial charge in [-0.05, 0) is 24.1 Å². The number of nitrogens with one attached hydrogen (secondary N) is 1. The summed E-state index contributed by atoms with van der Waals surface area (Å²) in [5.74, 6) is 0.437. The third-order valence-electron chi connectivity index (χ3n) is 2.30. The molecule has 0 atom stereocenters. The van der Waals surface area contributed by atoms with Crippen molar-refractivity contribution in [3.8, 4) is 0 Å². The van der Waals surface area contributed by atoms with Crippen LogP contribution < -0.4 is 5.32 Å². The molecule has 1 rings (SSSR count). The largest absolute Gasteiger partial charge is 0.417 e. The van der Waals surface area contributed by atoms with Crippen LogP contribution in [0.15, 0.2) is 18.2 Å². The van der Waals surface area contributed by atoms with Crippen LogP contribution in [0.25, 0.3) is 0 Å². The third-order valence-corrected chi connectivity index (χ3v) is 2.63. The van der Waals surface area contributed by atoms with Gasteiger partial charge in [-0.25, -0.2) is 0 Å². The lowest BCUT2D eigenvalue weighted by atomic mass is 10.2. The number of alkyl halides is 3. The second kappa shape index (κ2) is 7.01. The van der Waals surface area contributed by atoms with Gasteiger partial charge in [-0.1, -0.05) is 25.4 Å². The lowest BCUT2D eigenvalue weighted by molar-refractivity contribution is -0.137. The zero-order valence-electron chi connectivity index (χ0n) is 10.9. The first-order valence-corrected chi connectivity index (χ1v) is 6.37. The second-order valence-electron chi connectivity index (χ2n) is 4.59. The second-order valence-corrected chi connectivity index (χ2v) is 5.00. The highest BCUT2D eigenvalue weighted by Gasteiger charge is 2.33. The predicted molar refractivity (Wildman–Crippen MR) is 70.6 cm³/mol. The standard InChI is InChI=1S/C13H17ClF3NO/c1-9(2)8-19-6-5-18-10-3-4-12(14)11(7-10)13(15,16)17/h3-4,7,9,18H,5-6,8H2,1-2H3. The highest BCUT2D eigenvalue weighted by atomic mass is 35.5. The first kappa shape index (κ1) is 16.1. The van der Waals surface area contributed by atoms with E-state index in [1.54, 1.807) is 0 Å². The van der Waals surface area contributed by atoms with Gasteiger partial charge in [0.2, 0.25) is 0 Å². The first-order chi connectivity index (χ1) is 8.80. The summed E-state index contributed by atoms with van der Waals surface area (Å²) in [5.41, 5.74) is -0.452. The van der Waals surface area contributed by atoms with Crippen molar-refractivity contribution in [3.63, 3.8) is 0 Å². The van der Waals surface area contributed by atoms with Crippen LogP contribution in [0.3, 0.4) is 0 Å². The summed E-state index contributed by atoms with van der Waals surface area (Å²) in [4.78, 5) is 0. The summed E-state index contributed by atoms with van der Waals surface area (Å²) in [6.45, 7) is 5.59. The van der Waals surface area contributed by atoms with Crippen LogP contribution in [0.1, 0.15) is 19.4 Å². The molecule has 0 fully saturated rings. The molecule has 1 aromatic rings. The summed E-state index contributed by atoms with van der Waals surface area (Å²) >= 11 is 5.53. The SMILES string of the molecule is CC(C)COCCNc1ccc(Cl)c(C(F)(F)F)c1. The lowest BCUT2D eigenvalue weighted by Gasteiger charge is -2.13. The van der Waals surface area contributed by atoms with Crippen LogP contribution in [0.4, 0.5) is 18.9 Å². The third kappa shape index (κ3) is 5.70. The number of hydrogen-bond acceptors (Lipinski definition) is 2. The molecule has 0 aliphatic carbocycles. The van der Waals surface area contributed by atoms with Gasteiger partial charge in [0, 0.05) is 18.8 Å². The Morgan fingerprint density at radius 3 is 2.58 bits per heavy atom. The van der Waals surface area contributed by atoms with E-state index in [-0.39, 0.29) is 5.02 Å². The maximum atomic E-state index is 12.6. The molecule has 0 unspecified atom stereocenters. The Kier molecular flexibility index (Phi) is 5.94. The summed E-state index contributed by atoms with van der Waals surface area (Å²) < 4.78 is 43.2. The molecule has 0 aliphatic heterocycles. The fraction of sp³-hybridized carbons (Fsp3) is 0.538. The van der Waals surface area contributed by atoms with Gasteiger partial charge in [-0.2, -0.15) is 13.2 Å². The van der Waals surface area contributed by atoms with Crippen LogP contribution in [0.5, 0.6) is 0 Å². The van der Waals surface area contributed by atoms with Gasteiger partial charge in [0.1, 0.15) is 0 Å². The van der Waals surface area contributed by atoms with E-state index in [1.165, 1.54) is 12.1 Å².